The molecule has 1 saturated heterocycles. The van der Waals surface area contributed by atoms with E-state index in [4.69, 9.17) is 0 Å². The third-order valence-corrected chi connectivity index (χ3v) is 4.42. The van der Waals surface area contributed by atoms with Crippen LogP contribution in [-0.2, 0) is 0 Å². The summed E-state index contributed by atoms with van der Waals surface area (Å²) in [6.45, 7) is 13.3. The fourth-order valence-corrected chi connectivity index (χ4v) is 2.96. The maximum atomic E-state index is 3.26. The molecule has 17 heavy (non-hydrogen) atoms. The highest BCUT2D eigenvalue weighted by Gasteiger charge is 2.28. The van der Waals surface area contributed by atoms with Crippen LogP contribution in [0.1, 0.15) is 53.4 Å². The van der Waals surface area contributed by atoms with Crippen LogP contribution < -0.4 is 5.32 Å². The fourth-order valence-electron chi connectivity index (χ4n) is 2.96. The van der Waals surface area contributed by atoms with E-state index in [9.17, 15) is 0 Å². The van der Waals surface area contributed by atoms with Gasteiger partial charge in [0.15, 0.2) is 0 Å². The first-order valence-electron chi connectivity index (χ1n) is 7.33. The van der Waals surface area contributed by atoms with E-state index in [0.29, 0.717) is 5.41 Å². The average Bonchev–Trinajstić information content (AvgIpc) is 2.50. The van der Waals surface area contributed by atoms with Crippen molar-refractivity contribution >= 4 is 0 Å². The van der Waals surface area contributed by atoms with E-state index in [1.807, 2.05) is 7.05 Å². The zero-order valence-corrected chi connectivity index (χ0v) is 12.6. The van der Waals surface area contributed by atoms with Gasteiger partial charge in [-0.05, 0) is 70.6 Å². The minimum Gasteiger partial charge on any atom is -0.320 e. The summed E-state index contributed by atoms with van der Waals surface area (Å²) in [7, 11) is 2.05. The van der Waals surface area contributed by atoms with Crippen molar-refractivity contribution in [3.63, 3.8) is 0 Å². The first kappa shape index (κ1) is 15.0. The zero-order valence-electron chi connectivity index (χ0n) is 12.6. The summed E-state index contributed by atoms with van der Waals surface area (Å²) in [5.41, 5.74) is 0.490. The van der Waals surface area contributed by atoms with Crippen LogP contribution in [0.2, 0.25) is 0 Å². The molecule has 1 aliphatic heterocycles. The number of rotatable bonds is 4. The van der Waals surface area contributed by atoms with E-state index < -0.39 is 0 Å². The molecule has 1 N–H and O–H groups in total. The topological polar surface area (TPSA) is 15.3 Å². The molecule has 1 rings (SSSR count). The number of likely N-dealkylation sites (tertiary alicyclic amines) is 1. The SMILES string of the molecule is CNCCC(C)N1CCCC(C(C)(C)C)CC1. The summed E-state index contributed by atoms with van der Waals surface area (Å²) < 4.78 is 0. The third kappa shape index (κ3) is 4.97. The molecular weight excluding hydrogens is 208 g/mol. The number of nitrogens with zero attached hydrogens (tertiary/aromatic N) is 1. The average molecular weight is 240 g/mol. The Bertz CT molecular complexity index is 207. The van der Waals surface area contributed by atoms with Gasteiger partial charge in [0.05, 0.1) is 0 Å². The highest BCUT2D eigenvalue weighted by atomic mass is 15.1. The molecule has 0 aliphatic carbocycles. The predicted molar refractivity (Wildman–Crippen MR) is 76.4 cm³/mol. The molecule has 0 aromatic heterocycles. The van der Waals surface area contributed by atoms with Gasteiger partial charge in [0.25, 0.3) is 0 Å². The Kier molecular flexibility index (Phi) is 5.94. The molecule has 1 aliphatic rings. The van der Waals surface area contributed by atoms with Crippen LogP contribution in [-0.4, -0.2) is 37.6 Å². The largest absolute Gasteiger partial charge is 0.320 e. The van der Waals surface area contributed by atoms with Crippen LogP contribution in [0.5, 0.6) is 0 Å². The lowest BCUT2D eigenvalue weighted by Crippen LogP contribution is -2.36. The Balaban J connectivity index is 2.42. The molecule has 0 aromatic carbocycles. The highest BCUT2D eigenvalue weighted by molar-refractivity contribution is 4.80. The van der Waals surface area contributed by atoms with Crippen molar-refractivity contribution in [1.82, 2.24) is 10.2 Å². The maximum Gasteiger partial charge on any atom is 0.00790 e. The van der Waals surface area contributed by atoms with Crippen molar-refractivity contribution < 1.29 is 0 Å². The monoisotopic (exact) mass is 240 g/mol. The molecule has 1 heterocycles. The Morgan fingerprint density at radius 3 is 2.53 bits per heavy atom. The second kappa shape index (κ2) is 6.75. The van der Waals surface area contributed by atoms with Crippen molar-refractivity contribution in [1.29, 1.82) is 0 Å². The molecule has 2 nitrogen and oxygen atoms in total. The van der Waals surface area contributed by atoms with Crippen molar-refractivity contribution in [2.75, 3.05) is 26.7 Å². The van der Waals surface area contributed by atoms with Crippen LogP contribution in [0, 0.1) is 11.3 Å². The number of hydrogen-bond donors (Lipinski definition) is 1. The summed E-state index contributed by atoms with van der Waals surface area (Å²) in [5, 5.41) is 3.26. The molecule has 0 saturated carbocycles. The van der Waals surface area contributed by atoms with Crippen LogP contribution in [0.25, 0.3) is 0 Å². The van der Waals surface area contributed by atoms with E-state index in [1.54, 1.807) is 0 Å². The van der Waals surface area contributed by atoms with E-state index >= 15 is 0 Å². The molecule has 0 bridgehead atoms. The summed E-state index contributed by atoms with van der Waals surface area (Å²) in [6, 6.07) is 0.737. The van der Waals surface area contributed by atoms with Gasteiger partial charge < -0.3 is 10.2 Å². The molecule has 0 spiro atoms. The molecule has 1 fully saturated rings. The summed E-state index contributed by atoms with van der Waals surface area (Å²) in [4.78, 5) is 2.70. The van der Waals surface area contributed by atoms with Crippen molar-refractivity contribution in [3.05, 3.63) is 0 Å². The Hall–Kier alpha value is -0.0800. The molecule has 0 aromatic rings. The Morgan fingerprint density at radius 1 is 1.24 bits per heavy atom. The molecule has 0 radical (unpaired) electrons. The standard InChI is InChI=1S/C15H32N2/c1-13(8-10-16-5)17-11-6-7-14(9-12-17)15(2,3)4/h13-14,16H,6-12H2,1-5H3. The fraction of sp³-hybridized carbons (Fsp3) is 1.00. The van der Waals surface area contributed by atoms with Crippen LogP contribution in [0.3, 0.4) is 0 Å². The first-order valence-corrected chi connectivity index (χ1v) is 7.33. The van der Waals surface area contributed by atoms with Gasteiger partial charge in [-0.15, -0.1) is 0 Å². The van der Waals surface area contributed by atoms with Crippen LogP contribution in [0.15, 0.2) is 0 Å². The van der Waals surface area contributed by atoms with Gasteiger partial charge in [0.1, 0.15) is 0 Å². The summed E-state index contributed by atoms with van der Waals surface area (Å²) >= 11 is 0. The highest BCUT2D eigenvalue weighted by Crippen LogP contribution is 2.34. The number of hydrogen-bond acceptors (Lipinski definition) is 2. The second-order valence-corrected chi connectivity index (χ2v) is 6.77. The third-order valence-electron chi connectivity index (χ3n) is 4.42. The van der Waals surface area contributed by atoms with E-state index in [-0.39, 0.29) is 0 Å². The molecule has 2 heteroatoms. The first-order chi connectivity index (χ1) is 7.95. The molecule has 2 atom stereocenters. The van der Waals surface area contributed by atoms with Gasteiger partial charge in [-0.25, -0.2) is 0 Å². The van der Waals surface area contributed by atoms with E-state index in [1.165, 1.54) is 38.8 Å². The Labute approximate surface area is 108 Å². The van der Waals surface area contributed by atoms with Crippen molar-refractivity contribution in [3.8, 4) is 0 Å². The maximum absolute atomic E-state index is 3.26. The second-order valence-electron chi connectivity index (χ2n) is 6.77. The summed E-state index contributed by atoms with van der Waals surface area (Å²) in [6.07, 6.45) is 5.45. The zero-order chi connectivity index (χ0) is 12.9. The molecule has 102 valence electrons. The van der Waals surface area contributed by atoms with Gasteiger partial charge in [-0.1, -0.05) is 20.8 Å². The van der Waals surface area contributed by atoms with Crippen molar-refractivity contribution in [2.24, 2.45) is 11.3 Å². The van der Waals surface area contributed by atoms with E-state index in [0.717, 1.165) is 18.5 Å². The summed E-state index contributed by atoms with van der Waals surface area (Å²) in [5.74, 6) is 0.906. The van der Waals surface area contributed by atoms with Gasteiger partial charge >= 0.3 is 0 Å². The lowest BCUT2D eigenvalue weighted by molar-refractivity contribution is 0.184. The lowest BCUT2D eigenvalue weighted by Gasteiger charge is -2.31. The predicted octanol–water partition coefficient (Wildman–Crippen LogP) is 3.13. The van der Waals surface area contributed by atoms with E-state index in [2.05, 4.69) is 37.9 Å². The van der Waals surface area contributed by atoms with Crippen LogP contribution >= 0.6 is 0 Å². The lowest BCUT2D eigenvalue weighted by atomic mass is 9.77. The Morgan fingerprint density at radius 2 is 1.94 bits per heavy atom. The number of nitrogens with one attached hydrogen (secondary N) is 1. The molecular formula is C15H32N2. The minimum atomic E-state index is 0.490. The smallest absolute Gasteiger partial charge is 0.00790 e. The minimum absolute atomic E-state index is 0.490. The normalized spacial score (nSPS) is 25.6. The van der Waals surface area contributed by atoms with Gasteiger partial charge in [-0.3, -0.25) is 0 Å². The molecule has 2 unspecified atom stereocenters. The quantitative estimate of drug-likeness (QED) is 0.812. The van der Waals surface area contributed by atoms with Gasteiger partial charge in [-0.2, -0.15) is 0 Å². The van der Waals surface area contributed by atoms with Gasteiger partial charge in [0.2, 0.25) is 0 Å². The molecule has 0 amide bonds. The van der Waals surface area contributed by atoms with Crippen LogP contribution in [0.4, 0.5) is 0 Å². The van der Waals surface area contributed by atoms with Gasteiger partial charge in [0, 0.05) is 6.04 Å². The van der Waals surface area contributed by atoms with Crippen molar-refractivity contribution in [2.45, 2.75) is 59.4 Å².